The quantitative estimate of drug-likeness (QED) is 0.232. The Morgan fingerprint density at radius 1 is 1.15 bits per heavy atom. The molecule has 33 heavy (non-hydrogen) atoms. The zero-order valence-electron chi connectivity index (χ0n) is 18.7. The van der Waals surface area contributed by atoms with Crippen LogP contribution in [0.4, 0.5) is 0 Å². The predicted molar refractivity (Wildman–Crippen MR) is 131 cm³/mol. The number of thioether (sulfide) groups is 1. The molecule has 2 aromatic carbocycles. The first-order valence-electron chi connectivity index (χ1n) is 10.8. The molecule has 0 aliphatic carbocycles. The Hall–Kier alpha value is -2.97. The second kappa shape index (κ2) is 9.11. The minimum absolute atomic E-state index is 0.110. The molecule has 0 atom stereocenters. The maximum atomic E-state index is 13.1. The van der Waals surface area contributed by atoms with Crippen LogP contribution in [0.15, 0.2) is 46.8 Å². The van der Waals surface area contributed by atoms with Crippen LogP contribution in [0, 0.1) is 13.8 Å². The van der Waals surface area contributed by atoms with Gasteiger partial charge in [-0.05, 0) is 62.7 Å². The first kappa shape index (κ1) is 21.9. The predicted octanol–water partition coefficient (Wildman–Crippen LogP) is 5.87. The lowest BCUT2D eigenvalue weighted by atomic mass is 10.1. The number of ether oxygens (including phenoxy) is 3. The van der Waals surface area contributed by atoms with E-state index in [1.165, 1.54) is 11.8 Å². The molecule has 0 unspecified atom stereocenters. The minimum Gasteiger partial charge on any atom is -0.494 e. The fourth-order valence-electron chi connectivity index (χ4n) is 3.96. The summed E-state index contributed by atoms with van der Waals surface area (Å²) in [6.45, 7) is 7.58. The summed E-state index contributed by atoms with van der Waals surface area (Å²) in [7, 11) is 0. The Bertz CT molecular complexity index is 1340. The summed E-state index contributed by atoms with van der Waals surface area (Å²) in [4.78, 5) is 17.7. The van der Waals surface area contributed by atoms with Gasteiger partial charge in [0.15, 0.2) is 21.6 Å². The van der Waals surface area contributed by atoms with Crippen LogP contribution < -0.4 is 14.2 Å². The molecule has 0 radical (unpaired) electrons. The van der Waals surface area contributed by atoms with Crippen molar-refractivity contribution in [3.63, 3.8) is 0 Å². The van der Waals surface area contributed by atoms with Crippen LogP contribution in [0.1, 0.15) is 34.2 Å². The van der Waals surface area contributed by atoms with E-state index in [0.717, 1.165) is 54.3 Å². The van der Waals surface area contributed by atoms with Gasteiger partial charge in [0.1, 0.15) is 5.75 Å². The number of benzene rings is 2. The summed E-state index contributed by atoms with van der Waals surface area (Å²) in [6, 6.07) is 13.9. The van der Waals surface area contributed by atoms with Gasteiger partial charge in [-0.25, -0.2) is 4.98 Å². The highest BCUT2D eigenvalue weighted by molar-refractivity contribution is 8.01. The molecule has 0 amide bonds. The monoisotopic (exact) mass is 480 g/mol. The van der Waals surface area contributed by atoms with Gasteiger partial charge in [-0.1, -0.05) is 17.8 Å². The molecule has 4 aromatic rings. The standard InChI is InChI=1S/C25H24N2O4S2/c1-4-29-18-6-7-20-24(11-18)33-25(26-20)32-13-21(28)19-9-15(2)27(16(19)3)12-17-5-8-22-23(10-17)31-14-30-22/h5-11H,4,12-14H2,1-3H3. The van der Waals surface area contributed by atoms with E-state index in [1.54, 1.807) is 11.3 Å². The summed E-state index contributed by atoms with van der Waals surface area (Å²) >= 11 is 3.08. The Morgan fingerprint density at radius 3 is 2.85 bits per heavy atom. The van der Waals surface area contributed by atoms with Crippen LogP contribution in [0.2, 0.25) is 0 Å². The van der Waals surface area contributed by atoms with E-state index in [-0.39, 0.29) is 12.6 Å². The number of Topliss-reactive ketones (excluding diaryl/α,β-unsaturated/α-hetero) is 1. The average Bonchev–Trinajstić information content (AvgIpc) is 3.50. The molecule has 3 heterocycles. The average molecular weight is 481 g/mol. The summed E-state index contributed by atoms with van der Waals surface area (Å²) in [5.74, 6) is 2.85. The van der Waals surface area contributed by atoms with Gasteiger partial charge in [0.2, 0.25) is 6.79 Å². The number of aryl methyl sites for hydroxylation is 1. The van der Waals surface area contributed by atoms with Gasteiger partial charge in [-0.3, -0.25) is 4.79 Å². The minimum atomic E-state index is 0.110. The van der Waals surface area contributed by atoms with Gasteiger partial charge in [0.05, 0.1) is 22.6 Å². The smallest absolute Gasteiger partial charge is 0.231 e. The largest absolute Gasteiger partial charge is 0.494 e. The van der Waals surface area contributed by atoms with Crippen LogP contribution in [-0.4, -0.2) is 34.5 Å². The SMILES string of the molecule is CCOc1ccc2nc(SCC(=O)c3cc(C)n(Cc4ccc5c(c4)OCO5)c3C)sc2c1. The molecule has 6 nitrogen and oxygen atoms in total. The maximum Gasteiger partial charge on any atom is 0.231 e. The second-order valence-electron chi connectivity index (χ2n) is 7.81. The third-order valence-corrected chi connectivity index (χ3v) is 7.79. The van der Waals surface area contributed by atoms with Gasteiger partial charge in [-0.2, -0.15) is 0 Å². The van der Waals surface area contributed by atoms with Crippen LogP contribution in [-0.2, 0) is 6.54 Å². The third-order valence-electron chi connectivity index (χ3n) is 5.63. The van der Waals surface area contributed by atoms with Crippen molar-refractivity contribution in [2.75, 3.05) is 19.2 Å². The van der Waals surface area contributed by atoms with E-state index in [9.17, 15) is 4.79 Å². The molecule has 0 fully saturated rings. The first-order valence-corrected chi connectivity index (χ1v) is 12.6. The van der Waals surface area contributed by atoms with Crippen molar-refractivity contribution in [2.45, 2.75) is 31.7 Å². The molecular formula is C25H24N2O4S2. The molecule has 8 heteroatoms. The molecule has 0 saturated carbocycles. The first-order chi connectivity index (χ1) is 16.0. The van der Waals surface area contributed by atoms with Crippen LogP contribution in [0.25, 0.3) is 10.2 Å². The van der Waals surface area contributed by atoms with Crippen molar-refractivity contribution in [1.82, 2.24) is 9.55 Å². The second-order valence-corrected chi connectivity index (χ2v) is 10.1. The molecule has 0 spiro atoms. The maximum absolute atomic E-state index is 13.1. The van der Waals surface area contributed by atoms with Gasteiger partial charge >= 0.3 is 0 Å². The van der Waals surface area contributed by atoms with Crippen molar-refractivity contribution in [2.24, 2.45) is 0 Å². The molecular weight excluding hydrogens is 456 g/mol. The van der Waals surface area contributed by atoms with Gasteiger partial charge in [0.25, 0.3) is 0 Å². The van der Waals surface area contributed by atoms with E-state index in [2.05, 4.69) is 9.55 Å². The number of rotatable bonds is 8. The van der Waals surface area contributed by atoms with Crippen LogP contribution in [0.5, 0.6) is 17.2 Å². The fraction of sp³-hybridized carbons (Fsp3) is 0.280. The third kappa shape index (κ3) is 4.45. The van der Waals surface area contributed by atoms with Crippen LogP contribution in [0.3, 0.4) is 0 Å². The van der Waals surface area contributed by atoms with E-state index in [0.29, 0.717) is 18.9 Å². The number of aromatic nitrogens is 2. The molecule has 1 aliphatic rings. The van der Waals surface area contributed by atoms with Gasteiger partial charge in [-0.15, -0.1) is 11.3 Å². The van der Waals surface area contributed by atoms with Crippen molar-refractivity contribution in [3.8, 4) is 17.2 Å². The van der Waals surface area contributed by atoms with E-state index in [4.69, 9.17) is 14.2 Å². The summed E-state index contributed by atoms with van der Waals surface area (Å²) in [5.41, 5.74) is 4.83. The van der Waals surface area contributed by atoms with Crippen LogP contribution >= 0.6 is 23.1 Å². The molecule has 0 N–H and O–H groups in total. The fourth-order valence-corrected chi connectivity index (χ4v) is 5.94. The summed E-state index contributed by atoms with van der Waals surface area (Å²) in [5, 5.41) is 0. The molecule has 0 saturated heterocycles. The van der Waals surface area contributed by atoms with E-state index in [1.807, 2.05) is 63.2 Å². The lowest BCUT2D eigenvalue weighted by molar-refractivity contribution is 0.102. The van der Waals surface area contributed by atoms with Crippen molar-refractivity contribution in [1.29, 1.82) is 0 Å². The number of fused-ring (bicyclic) bond motifs is 2. The highest BCUT2D eigenvalue weighted by Crippen LogP contribution is 2.34. The van der Waals surface area contributed by atoms with Crippen molar-refractivity contribution >= 4 is 39.1 Å². The molecule has 170 valence electrons. The number of nitrogens with zero attached hydrogens (tertiary/aromatic N) is 2. The topological polar surface area (TPSA) is 62.6 Å². The lowest BCUT2D eigenvalue weighted by Crippen LogP contribution is -2.07. The van der Waals surface area contributed by atoms with E-state index < -0.39 is 0 Å². The molecule has 1 aliphatic heterocycles. The molecule has 2 aromatic heterocycles. The summed E-state index contributed by atoms with van der Waals surface area (Å²) < 4.78 is 20.6. The Balaban J connectivity index is 1.29. The number of hydrogen-bond acceptors (Lipinski definition) is 7. The zero-order chi connectivity index (χ0) is 22.9. The Labute approximate surface area is 200 Å². The highest BCUT2D eigenvalue weighted by Gasteiger charge is 2.19. The zero-order valence-corrected chi connectivity index (χ0v) is 20.3. The number of carbonyl (C=O) groups is 1. The normalized spacial score (nSPS) is 12.5. The molecule has 0 bridgehead atoms. The van der Waals surface area contributed by atoms with Crippen molar-refractivity contribution in [3.05, 3.63) is 65.0 Å². The van der Waals surface area contributed by atoms with E-state index >= 15 is 0 Å². The van der Waals surface area contributed by atoms with Gasteiger partial charge < -0.3 is 18.8 Å². The number of thiazole rings is 1. The molecule has 5 rings (SSSR count). The van der Waals surface area contributed by atoms with Gasteiger partial charge in [0, 0.05) is 23.5 Å². The highest BCUT2D eigenvalue weighted by atomic mass is 32.2. The van der Waals surface area contributed by atoms with Crippen molar-refractivity contribution < 1.29 is 19.0 Å². The number of carbonyl (C=O) groups excluding carboxylic acids is 1. The number of hydrogen-bond donors (Lipinski definition) is 0. The Kier molecular flexibility index (Phi) is 6.03. The number of ketones is 1. The lowest BCUT2D eigenvalue weighted by Gasteiger charge is -2.10. The summed E-state index contributed by atoms with van der Waals surface area (Å²) in [6.07, 6.45) is 0. The Morgan fingerprint density at radius 2 is 2.00 bits per heavy atom.